The van der Waals surface area contributed by atoms with Crippen molar-refractivity contribution in [3.05, 3.63) is 48.2 Å². The van der Waals surface area contributed by atoms with Crippen LogP contribution in [-0.2, 0) is 6.42 Å². The van der Waals surface area contributed by atoms with Crippen LogP contribution in [0.1, 0.15) is 25.3 Å². The molecule has 0 aliphatic heterocycles. The molecule has 0 radical (unpaired) electrons. The van der Waals surface area contributed by atoms with Gasteiger partial charge in [0, 0.05) is 5.69 Å². The van der Waals surface area contributed by atoms with E-state index in [1.807, 2.05) is 6.07 Å². The first-order valence-electron chi connectivity index (χ1n) is 6.35. The van der Waals surface area contributed by atoms with E-state index in [0.717, 1.165) is 17.8 Å². The Morgan fingerprint density at radius 3 is 2.39 bits per heavy atom. The number of rotatable bonds is 5. The summed E-state index contributed by atoms with van der Waals surface area (Å²) in [7, 11) is 0. The third kappa shape index (κ3) is 3.48. The van der Waals surface area contributed by atoms with Crippen LogP contribution in [0.15, 0.2) is 42.6 Å². The Kier molecular flexibility index (Phi) is 4.18. The number of nitrogen functional groups attached to an aromatic ring is 1. The molecule has 2 rings (SSSR count). The van der Waals surface area contributed by atoms with Crippen LogP contribution in [0.3, 0.4) is 0 Å². The van der Waals surface area contributed by atoms with Crippen LogP contribution in [0.25, 0.3) is 0 Å². The molecule has 0 bridgehead atoms. The zero-order valence-electron chi connectivity index (χ0n) is 10.7. The maximum Gasteiger partial charge on any atom is 0.123 e. The number of nitrogens with one attached hydrogen (secondary N) is 1. The van der Waals surface area contributed by atoms with Crippen molar-refractivity contribution < 1.29 is 0 Å². The maximum absolute atomic E-state index is 5.55. The molecule has 3 heteroatoms. The van der Waals surface area contributed by atoms with E-state index in [1.165, 1.54) is 18.4 Å². The number of aryl methyl sites for hydroxylation is 1. The maximum atomic E-state index is 5.55. The van der Waals surface area contributed by atoms with Crippen LogP contribution in [0.2, 0.25) is 0 Å². The molecule has 1 heterocycles. The highest BCUT2D eigenvalue weighted by Crippen LogP contribution is 2.17. The first-order valence-corrected chi connectivity index (χ1v) is 6.35. The summed E-state index contributed by atoms with van der Waals surface area (Å²) in [6.07, 6.45) is 5.37. The number of anilines is 3. The van der Waals surface area contributed by atoms with Crippen LogP contribution in [0, 0.1) is 0 Å². The van der Waals surface area contributed by atoms with Crippen molar-refractivity contribution in [3.63, 3.8) is 0 Å². The highest BCUT2D eigenvalue weighted by Gasteiger charge is 1.96. The van der Waals surface area contributed by atoms with E-state index in [4.69, 9.17) is 5.73 Å². The molecule has 0 saturated heterocycles. The molecule has 94 valence electrons. The summed E-state index contributed by atoms with van der Waals surface area (Å²) in [6, 6.07) is 12.2. The second-order valence-corrected chi connectivity index (χ2v) is 4.40. The van der Waals surface area contributed by atoms with Gasteiger partial charge < -0.3 is 11.1 Å². The fourth-order valence-electron chi connectivity index (χ4n) is 1.78. The molecule has 0 fully saturated rings. The topological polar surface area (TPSA) is 50.9 Å². The van der Waals surface area contributed by atoms with Crippen molar-refractivity contribution in [2.45, 2.75) is 26.2 Å². The molecule has 0 atom stereocenters. The number of benzene rings is 1. The molecule has 0 aliphatic rings. The van der Waals surface area contributed by atoms with E-state index >= 15 is 0 Å². The fraction of sp³-hybridized carbons (Fsp3) is 0.267. The smallest absolute Gasteiger partial charge is 0.123 e. The second-order valence-electron chi connectivity index (χ2n) is 4.40. The Hall–Kier alpha value is -2.03. The summed E-state index contributed by atoms with van der Waals surface area (Å²) >= 11 is 0. The van der Waals surface area contributed by atoms with E-state index in [0.29, 0.717) is 5.82 Å². The average molecular weight is 241 g/mol. The number of pyridine rings is 1. The Labute approximate surface area is 108 Å². The van der Waals surface area contributed by atoms with Gasteiger partial charge in [0.1, 0.15) is 5.82 Å². The molecule has 3 N–H and O–H groups in total. The summed E-state index contributed by atoms with van der Waals surface area (Å²) in [4.78, 5) is 4.05. The number of hydrogen-bond donors (Lipinski definition) is 2. The lowest BCUT2D eigenvalue weighted by Gasteiger charge is -2.07. The Balaban J connectivity index is 1.99. The van der Waals surface area contributed by atoms with Crippen molar-refractivity contribution in [1.82, 2.24) is 4.98 Å². The van der Waals surface area contributed by atoms with Gasteiger partial charge in [0.05, 0.1) is 11.9 Å². The normalized spacial score (nSPS) is 10.3. The van der Waals surface area contributed by atoms with Gasteiger partial charge in [-0.1, -0.05) is 25.5 Å². The molecular formula is C15H19N3. The molecule has 0 unspecified atom stereocenters. The molecular weight excluding hydrogens is 222 g/mol. The van der Waals surface area contributed by atoms with Gasteiger partial charge in [-0.3, -0.25) is 0 Å². The molecule has 1 aromatic heterocycles. The quantitative estimate of drug-likeness (QED) is 0.838. The SMILES string of the molecule is CCCCc1ccc(Nc2ccc(N)nc2)cc1. The van der Waals surface area contributed by atoms with E-state index in [9.17, 15) is 0 Å². The molecule has 0 aliphatic carbocycles. The number of hydrogen-bond acceptors (Lipinski definition) is 3. The van der Waals surface area contributed by atoms with Gasteiger partial charge in [-0.05, 0) is 42.7 Å². The molecule has 0 spiro atoms. The minimum atomic E-state index is 0.537. The molecule has 0 saturated carbocycles. The summed E-state index contributed by atoms with van der Waals surface area (Å²) in [5.74, 6) is 0.537. The van der Waals surface area contributed by atoms with Crippen molar-refractivity contribution in [2.75, 3.05) is 11.1 Å². The monoisotopic (exact) mass is 241 g/mol. The second kappa shape index (κ2) is 6.05. The van der Waals surface area contributed by atoms with E-state index < -0.39 is 0 Å². The molecule has 18 heavy (non-hydrogen) atoms. The third-order valence-corrected chi connectivity index (χ3v) is 2.85. The van der Waals surface area contributed by atoms with E-state index in [-0.39, 0.29) is 0 Å². The fourth-order valence-corrected chi connectivity index (χ4v) is 1.78. The zero-order valence-corrected chi connectivity index (χ0v) is 10.7. The minimum Gasteiger partial charge on any atom is -0.384 e. The Morgan fingerprint density at radius 2 is 1.78 bits per heavy atom. The lowest BCUT2D eigenvalue weighted by Crippen LogP contribution is -1.94. The zero-order chi connectivity index (χ0) is 12.8. The Morgan fingerprint density at radius 1 is 1.06 bits per heavy atom. The van der Waals surface area contributed by atoms with Crippen LogP contribution in [-0.4, -0.2) is 4.98 Å². The summed E-state index contributed by atoms with van der Waals surface area (Å²) < 4.78 is 0. The average Bonchev–Trinajstić information content (AvgIpc) is 2.41. The molecule has 2 aromatic rings. The molecule has 1 aromatic carbocycles. The van der Waals surface area contributed by atoms with Crippen molar-refractivity contribution >= 4 is 17.2 Å². The molecule has 0 amide bonds. The van der Waals surface area contributed by atoms with Crippen LogP contribution in [0.4, 0.5) is 17.2 Å². The summed E-state index contributed by atoms with van der Waals surface area (Å²) in [5.41, 5.74) is 8.96. The van der Waals surface area contributed by atoms with E-state index in [2.05, 4.69) is 41.5 Å². The number of nitrogens with zero attached hydrogens (tertiary/aromatic N) is 1. The van der Waals surface area contributed by atoms with Gasteiger partial charge in [0.25, 0.3) is 0 Å². The summed E-state index contributed by atoms with van der Waals surface area (Å²) in [5, 5.41) is 3.30. The molecule has 3 nitrogen and oxygen atoms in total. The number of aromatic nitrogens is 1. The van der Waals surface area contributed by atoms with Crippen molar-refractivity contribution in [3.8, 4) is 0 Å². The standard InChI is InChI=1S/C15H19N3/c1-2-3-4-12-5-7-13(8-6-12)18-14-9-10-15(16)17-11-14/h5-11,18H,2-4H2,1H3,(H2,16,17). The van der Waals surface area contributed by atoms with Gasteiger partial charge in [0.2, 0.25) is 0 Å². The highest BCUT2D eigenvalue weighted by atomic mass is 14.9. The third-order valence-electron chi connectivity index (χ3n) is 2.85. The highest BCUT2D eigenvalue weighted by molar-refractivity contribution is 5.59. The van der Waals surface area contributed by atoms with Gasteiger partial charge in [-0.2, -0.15) is 0 Å². The van der Waals surface area contributed by atoms with Gasteiger partial charge in [-0.25, -0.2) is 4.98 Å². The van der Waals surface area contributed by atoms with Crippen molar-refractivity contribution in [1.29, 1.82) is 0 Å². The lowest BCUT2D eigenvalue weighted by atomic mass is 10.1. The Bertz CT molecular complexity index is 474. The predicted molar refractivity (Wildman–Crippen MR) is 77.0 cm³/mol. The van der Waals surface area contributed by atoms with Crippen molar-refractivity contribution in [2.24, 2.45) is 0 Å². The van der Waals surface area contributed by atoms with E-state index in [1.54, 1.807) is 12.3 Å². The van der Waals surface area contributed by atoms with Gasteiger partial charge >= 0.3 is 0 Å². The lowest BCUT2D eigenvalue weighted by molar-refractivity contribution is 0.795. The van der Waals surface area contributed by atoms with Crippen LogP contribution >= 0.6 is 0 Å². The number of unbranched alkanes of at least 4 members (excludes halogenated alkanes) is 1. The number of nitrogens with two attached hydrogens (primary N) is 1. The van der Waals surface area contributed by atoms with Crippen LogP contribution < -0.4 is 11.1 Å². The van der Waals surface area contributed by atoms with Gasteiger partial charge in [-0.15, -0.1) is 0 Å². The minimum absolute atomic E-state index is 0.537. The summed E-state index contributed by atoms with van der Waals surface area (Å²) in [6.45, 7) is 2.21. The first-order chi connectivity index (χ1) is 8.78. The largest absolute Gasteiger partial charge is 0.384 e. The van der Waals surface area contributed by atoms with Crippen LogP contribution in [0.5, 0.6) is 0 Å². The van der Waals surface area contributed by atoms with Gasteiger partial charge in [0.15, 0.2) is 0 Å². The predicted octanol–water partition coefficient (Wildman–Crippen LogP) is 3.75. The first kappa shape index (κ1) is 12.4.